The highest BCUT2D eigenvalue weighted by atomic mass is 35.5. The van der Waals surface area contributed by atoms with E-state index in [1.807, 2.05) is 32.0 Å². The summed E-state index contributed by atoms with van der Waals surface area (Å²) in [7, 11) is 1.69. The smallest absolute Gasteiger partial charge is 0.224 e. The van der Waals surface area contributed by atoms with Crippen molar-refractivity contribution in [1.82, 2.24) is 5.32 Å². The number of methoxy groups -OCH3 is 1. The number of aryl methyl sites for hydroxylation is 1. The van der Waals surface area contributed by atoms with Crippen molar-refractivity contribution in [2.24, 2.45) is 0 Å². The molecule has 0 saturated carbocycles. The largest absolute Gasteiger partial charge is 0.496 e. The van der Waals surface area contributed by atoms with Crippen LogP contribution < -0.4 is 10.1 Å². The second-order valence-corrected chi connectivity index (χ2v) is 7.13. The minimum absolute atomic E-state index is 0.00358. The van der Waals surface area contributed by atoms with Gasteiger partial charge < -0.3 is 10.1 Å². The number of benzene rings is 2. The van der Waals surface area contributed by atoms with Crippen LogP contribution in [0.5, 0.6) is 5.75 Å². The molecule has 0 heterocycles. The van der Waals surface area contributed by atoms with Crippen LogP contribution in [-0.2, 0) is 11.2 Å². The molecule has 0 aliphatic heterocycles. The van der Waals surface area contributed by atoms with Crippen LogP contribution in [-0.4, -0.2) is 13.0 Å². The van der Waals surface area contributed by atoms with E-state index in [2.05, 4.69) is 25.2 Å². The SMILES string of the molecule is COc1cc(C)c([C@@H](C)NC(=O)Cc2ccc(Cl)cc2)cc1C(C)C. The van der Waals surface area contributed by atoms with Gasteiger partial charge in [0.2, 0.25) is 5.91 Å². The van der Waals surface area contributed by atoms with Crippen LogP contribution >= 0.6 is 11.6 Å². The molecule has 25 heavy (non-hydrogen) atoms. The number of halogens is 1. The first kappa shape index (κ1) is 19.3. The van der Waals surface area contributed by atoms with Gasteiger partial charge in [0.1, 0.15) is 5.75 Å². The quantitative estimate of drug-likeness (QED) is 0.769. The molecule has 1 N–H and O–H groups in total. The maximum Gasteiger partial charge on any atom is 0.224 e. The fourth-order valence-corrected chi connectivity index (χ4v) is 3.09. The predicted octanol–water partition coefficient (Wildman–Crippen LogP) is 5.20. The Bertz CT molecular complexity index is 738. The van der Waals surface area contributed by atoms with Gasteiger partial charge in [0.05, 0.1) is 19.6 Å². The monoisotopic (exact) mass is 359 g/mol. The lowest BCUT2D eigenvalue weighted by atomic mass is 9.93. The van der Waals surface area contributed by atoms with Crippen molar-refractivity contribution in [3.63, 3.8) is 0 Å². The number of rotatable bonds is 6. The molecule has 0 saturated heterocycles. The molecule has 2 aromatic rings. The molecule has 3 nitrogen and oxygen atoms in total. The molecule has 0 unspecified atom stereocenters. The minimum atomic E-state index is -0.0665. The van der Waals surface area contributed by atoms with Crippen LogP contribution in [0.3, 0.4) is 0 Å². The van der Waals surface area contributed by atoms with Crippen molar-refractivity contribution in [2.75, 3.05) is 7.11 Å². The van der Waals surface area contributed by atoms with E-state index in [0.717, 1.165) is 28.0 Å². The molecule has 134 valence electrons. The Morgan fingerprint density at radius 3 is 2.32 bits per heavy atom. The lowest BCUT2D eigenvalue weighted by Crippen LogP contribution is -2.28. The third kappa shape index (κ3) is 4.99. The van der Waals surface area contributed by atoms with E-state index in [4.69, 9.17) is 16.3 Å². The summed E-state index contributed by atoms with van der Waals surface area (Å²) in [4.78, 5) is 12.4. The molecule has 1 atom stereocenters. The Morgan fingerprint density at radius 2 is 1.76 bits per heavy atom. The summed E-state index contributed by atoms with van der Waals surface area (Å²) >= 11 is 5.88. The van der Waals surface area contributed by atoms with Gasteiger partial charge in [-0.2, -0.15) is 0 Å². The van der Waals surface area contributed by atoms with Gasteiger partial charge in [0.25, 0.3) is 0 Å². The van der Waals surface area contributed by atoms with Gasteiger partial charge in [-0.05, 0) is 66.3 Å². The molecule has 0 spiro atoms. The summed E-state index contributed by atoms with van der Waals surface area (Å²) < 4.78 is 5.49. The van der Waals surface area contributed by atoms with E-state index in [1.54, 1.807) is 19.2 Å². The topological polar surface area (TPSA) is 38.3 Å². The molecule has 0 radical (unpaired) electrons. The zero-order valence-corrected chi connectivity index (χ0v) is 16.3. The van der Waals surface area contributed by atoms with Crippen molar-refractivity contribution in [1.29, 1.82) is 0 Å². The number of nitrogens with one attached hydrogen (secondary N) is 1. The Hall–Kier alpha value is -2.00. The van der Waals surface area contributed by atoms with Crippen LogP contribution in [0, 0.1) is 6.92 Å². The Morgan fingerprint density at radius 1 is 1.12 bits per heavy atom. The molecule has 2 rings (SSSR count). The zero-order valence-electron chi connectivity index (χ0n) is 15.5. The van der Waals surface area contributed by atoms with Gasteiger partial charge in [-0.1, -0.05) is 37.6 Å². The van der Waals surface area contributed by atoms with Gasteiger partial charge >= 0.3 is 0 Å². The molecule has 0 fully saturated rings. The molecule has 0 bridgehead atoms. The Kier molecular flexibility index (Phi) is 6.49. The standard InChI is InChI=1S/C21H26ClNO2/c1-13(2)18-12-19(14(3)10-20(18)25-5)15(4)23-21(24)11-16-6-8-17(22)9-7-16/h6-10,12-13,15H,11H2,1-5H3,(H,23,24)/t15-/m1/s1. The molecular formula is C21H26ClNO2. The highest BCUT2D eigenvalue weighted by molar-refractivity contribution is 6.30. The van der Waals surface area contributed by atoms with Crippen molar-refractivity contribution < 1.29 is 9.53 Å². The van der Waals surface area contributed by atoms with Gasteiger partial charge in [0, 0.05) is 5.02 Å². The molecule has 2 aromatic carbocycles. The highest BCUT2D eigenvalue weighted by Crippen LogP contribution is 2.32. The number of carbonyl (C=O) groups excluding carboxylic acids is 1. The second-order valence-electron chi connectivity index (χ2n) is 6.70. The molecule has 0 aliphatic rings. The summed E-state index contributed by atoms with van der Waals surface area (Å²) in [5.74, 6) is 1.25. The predicted molar refractivity (Wildman–Crippen MR) is 104 cm³/mol. The highest BCUT2D eigenvalue weighted by Gasteiger charge is 2.17. The van der Waals surface area contributed by atoms with E-state index in [0.29, 0.717) is 17.4 Å². The molecule has 4 heteroatoms. The Balaban J connectivity index is 2.14. The van der Waals surface area contributed by atoms with Crippen molar-refractivity contribution in [3.05, 3.63) is 63.7 Å². The van der Waals surface area contributed by atoms with Crippen molar-refractivity contribution >= 4 is 17.5 Å². The normalized spacial score (nSPS) is 12.1. The zero-order chi connectivity index (χ0) is 18.6. The first-order valence-electron chi connectivity index (χ1n) is 8.54. The number of carbonyl (C=O) groups is 1. The first-order chi connectivity index (χ1) is 11.8. The van der Waals surface area contributed by atoms with E-state index < -0.39 is 0 Å². The Labute approximate surface area is 155 Å². The summed E-state index contributed by atoms with van der Waals surface area (Å²) in [6, 6.07) is 11.5. The minimum Gasteiger partial charge on any atom is -0.496 e. The summed E-state index contributed by atoms with van der Waals surface area (Å²) in [6.07, 6.45) is 0.341. The maximum absolute atomic E-state index is 12.4. The number of ether oxygens (including phenoxy) is 1. The van der Waals surface area contributed by atoms with Crippen LogP contribution in [0.4, 0.5) is 0 Å². The average molecular weight is 360 g/mol. The van der Waals surface area contributed by atoms with Crippen molar-refractivity contribution in [3.8, 4) is 5.75 Å². The lowest BCUT2D eigenvalue weighted by Gasteiger charge is -2.21. The summed E-state index contributed by atoms with van der Waals surface area (Å²) in [5.41, 5.74) is 4.33. The van der Waals surface area contributed by atoms with Gasteiger partial charge in [-0.15, -0.1) is 0 Å². The van der Waals surface area contributed by atoms with Crippen LogP contribution in [0.1, 0.15) is 55.0 Å². The van der Waals surface area contributed by atoms with E-state index >= 15 is 0 Å². The first-order valence-corrected chi connectivity index (χ1v) is 8.91. The third-order valence-electron chi connectivity index (χ3n) is 4.36. The number of hydrogen-bond donors (Lipinski definition) is 1. The summed E-state index contributed by atoms with van der Waals surface area (Å²) in [5, 5.41) is 3.76. The van der Waals surface area contributed by atoms with Crippen molar-refractivity contribution in [2.45, 2.75) is 46.1 Å². The summed E-state index contributed by atoms with van der Waals surface area (Å²) in [6.45, 7) is 8.34. The fraction of sp³-hybridized carbons (Fsp3) is 0.381. The number of hydrogen-bond acceptors (Lipinski definition) is 2. The van der Waals surface area contributed by atoms with E-state index in [-0.39, 0.29) is 11.9 Å². The lowest BCUT2D eigenvalue weighted by molar-refractivity contribution is -0.121. The fourth-order valence-electron chi connectivity index (χ4n) is 2.97. The van der Waals surface area contributed by atoms with Crippen LogP contribution in [0.2, 0.25) is 5.02 Å². The van der Waals surface area contributed by atoms with Gasteiger partial charge in [-0.3, -0.25) is 4.79 Å². The van der Waals surface area contributed by atoms with E-state index in [9.17, 15) is 4.79 Å². The molecular weight excluding hydrogens is 334 g/mol. The second kappa shape index (κ2) is 8.39. The molecule has 0 aliphatic carbocycles. The molecule has 1 amide bonds. The average Bonchev–Trinajstić information content (AvgIpc) is 2.56. The third-order valence-corrected chi connectivity index (χ3v) is 4.61. The van der Waals surface area contributed by atoms with Crippen LogP contribution in [0.15, 0.2) is 36.4 Å². The van der Waals surface area contributed by atoms with Gasteiger partial charge in [-0.25, -0.2) is 0 Å². The number of amides is 1. The maximum atomic E-state index is 12.4. The van der Waals surface area contributed by atoms with Crippen LogP contribution in [0.25, 0.3) is 0 Å². The van der Waals surface area contributed by atoms with E-state index in [1.165, 1.54) is 0 Å². The van der Waals surface area contributed by atoms with Gasteiger partial charge in [0.15, 0.2) is 0 Å². The molecule has 0 aromatic heterocycles.